The van der Waals surface area contributed by atoms with Crippen LogP contribution in [0.25, 0.3) is 0 Å². The van der Waals surface area contributed by atoms with Crippen LogP contribution >= 0.6 is 0 Å². The summed E-state index contributed by atoms with van der Waals surface area (Å²) in [5.74, 6) is -2.24. The Kier molecular flexibility index (Phi) is 3.87. The van der Waals surface area contributed by atoms with E-state index < -0.39 is 26.4 Å². The third-order valence-electron chi connectivity index (χ3n) is 1.22. The lowest BCUT2D eigenvalue weighted by atomic mass is 10.2. The Balaban J connectivity index is 4.71. The SMILES string of the molecule is C[Si](C)(C)C=C(CC(=O)O)C(=O)O. The first-order valence-electron chi connectivity index (χ1n) is 3.89. The fourth-order valence-corrected chi connectivity index (χ4v) is 2.14. The average Bonchev–Trinajstić information content (AvgIpc) is 1.81. The summed E-state index contributed by atoms with van der Waals surface area (Å²) in [6.07, 6.45) is -0.403. The molecule has 0 rings (SSSR count). The molecule has 13 heavy (non-hydrogen) atoms. The van der Waals surface area contributed by atoms with E-state index in [1.54, 1.807) is 5.70 Å². The predicted molar refractivity (Wildman–Crippen MR) is 51.3 cm³/mol. The number of rotatable bonds is 4. The molecular weight excluding hydrogens is 188 g/mol. The minimum atomic E-state index is -1.66. The normalized spacial score (nSPS) is 12.7. The smallest absolute Gasteiger partial charge is 0.331 e. The first-order chi connectivity index (χ1) is 5.72. The van der Waals surface area contributed by atoms with Crippen LogP contribution < -0.4 is 0 Å². The topological polar surface area (TPSA) is 74.6 Å². The monoisotopic (exact) mass is 202 g/mol. The van der Waals surface area contributed by atoms with E-state index >= 15 is 0 Å². The lowest BCUT2D eigenvalue weighted by Crippen LogP contribution is -2.20. The minimum absolute atomic E-state index is 0.00772. The van der Waals surface area contributed by atoms with Crippen molar-refractivity contribution in [2.24, 2.45) is 0 Å². The molecule has 0 saturated heterocycles. The largest absolute Gasteiger partial charge is 0.481 e. The van der Waals surface area contributed by atoms with E-state index in [9.17, 15) is 9.59 Å². The van der Waals surface area contributed by atoms with Crippen LogP contribution in [0.2, 0.25) is 19.6 Å². The molecule has 0 bridgehead atoms. The summed E-state index contributed by atoms with van der Waals surface area (Å²) in [4.78, 5) is 20.9. The van der Waals surface area contributed by atoms with Gasteiger partial charge in [0.1, 0.15) is 0 Å². The number of hydrogen-bond donors (Lipinski definition) is 2. The second-order valence-electron chi connectivity index (χ2n) is 3.91. The van der Waals surface area contributed by atoms with Gasteiger partial charge >= 0.3 is 11.9 Å². The highest BCUT2D eigenvalue weighted by Crippen LogP contribution is 2.10. The lowest BCUT2D eigenvalue weighted by molar-refractivity contribution is -0.139. The highest BCUT2D eigenvalue weighted by molar-refractivity contribution is 6.81. The summed E-state index contributed by atoms with van der Waals surface area (Å²) in [6, 6.07) is 0. The predicted octanol–water partition coefficient (Wildman–Crippen LogP) is 1.35. The molecule has 0 aliphatic rings. The van der Waals surface area contributed by atoms with Crippen molar-refractivity contribution >= 4 is 20.0 Å². The molecule has 0 radical (unpaired) electrons. The van der Waals surface area contributed by atoms with Crippen molar-refractivity contribution in [2.45, 2.75) is 26.1 Å². The first kappa shape index (κ1) is 11.9. The van der Waals surface area contributed by atoms with Gasteiger partial charge in [-0.1, -0.05) is 25.3 Å². The Morgan fingerprint density at radius 2 is 1.69 bits per heavy atom. The highest BCUT2D eigenvalue weighted by atomic mass is 28.3. The van der Waals surface area contributed by atoms with Crippen LogP contribution in [-0.2, 0) is 9.59 Å². The lowest BCUT2D eigenvalue weighted by Gasteiger charge is -2.10. The summed E-state index contributed by atoms with van der Waals surface area (Å²) in [5.41, 5.74) is 1.59. The first-order valence-corrected chi connectivity index (χ1v) is 7.47. The summed E-state index contributed by atoms with van der Waals surface area (Å²) in [6.45, 7) is 5.87. The molecule has 2 N–H and O–H groups in total. The molecule has 0 unspecified atom stereocenters. The third kappa shape index (κ3) is 6.09. The van der Waals surface area contributed by atoms with E-state index in [0.717, 1.165) is 0 Å². The van der Waals surface area contributed by atoms with Crippen molar-refractivity contribution in [1.82, 2.24) is 0 Å². The van der Waals surface area contributed by atoms with Crippen LogP contribution in [0, 0.1) is 0 Å². The average molecular weight is 202 g/mol. The molecule has 5 heteroatoms. The number of carboxylic acids is 2. The Labute approximate surface area is 77.9 Å². The molecule has 0 heterocycles. The maximum absolute atomic E-state index is 10.6. The van der Waals surface area contributed by atoms with Gasteiger partial charge in [-0.25, -0.2) is 4.79 Å². The van der Waals surface area contributed by atoms with Crippen LogP contribution in [0.3, 0.4) is 0 Å². The summed E-state index contributed by atoms with van der Waals surface area (Å²) < 4.78 is 0. The van der Waals surface area contributed by atoms with Crippen LogP contribution in [-0.4, -0.2) is 30.2 Å². The zero-order valence-electron chi connectivity index (χ0n) is 8.00. The molecular formula is C8H14O4Si. The number of carboxylic acid groups (broad SMARTS) is 2. The van der Waals surface area contributed by atoms with E-state index in [1.165, 1.54) is 0 Å². The van der Waals surface area contributed by atoms with Gasteiger partial charge in [0.15, 0.2) is 0 Å². The second-order valence-corrected chi connectivity index (χ2v) is 8.93. The Morgan fingerprint density at radius 3 is 1.92 bits per heavy atom. The van der Waals surface area contributed by atoms with Crippen molar-refractivity contribution in [3.63, 3.8) is 0 Å². The molecule has 0 aliphatic carbocycles. The van der Waals surface area contributed by atoms with Gasteiger partial charge in [-0.3, -0.25) is 4.79 Å². The van der Waals surface area contributed by atoms with Crippen molar-refractivity contribution < 1.29 is 19.8 Å². The number of hydrogen-bond acceptors (Lipinski definition) is 2. The zero-order chi connectivity index (χ0) is 10.6. The maximum Gasteiger partial charge on any atom is 0.331 e. The van der Waals surface area contributed by atoms with Gasteiger partial charge in [0, 0.05) is 5.57 Å². The molecule has 0 amide bonds. The van der Waals surface area contributed by atoms with Crippen LogP contribution in [0.5, 0.6) is 0 Å². The molecule has 0 saturated carbocycles. The van der Waals surface area contributed by atoms with E-state index in [1.807, 2.05) is 19.6 Å². The Morgan fingerprint density at radius 1 is 1.23 bits per heavy atom. The quantitative estimate of drug-likeness (QED) is 0.533. The minimum Gasteiger partial charge on any atom is -0.481 e. The molecule has 0 aromatic rings. The molecule has 0 atom stereocenters. The van der Waals surface area contributed by atoms with Crippen molar-refractivity contribution in [2.75, 3.05) is 0 Å². The van der Waals surface area contributed by atoms with Gasteiger partial charge in [0.2, 0.25) is 0 Å². The maximum atomic E-state index is 10.6. The van der Waals surface area contributed by atoms with Gasteiger partial charge in [0.25, 0.3) is 0 Å². The van der Waals surface area contributed by atoms with E-state index in [2.05, 4.69) is 0 Å². The molecule has 0 aromatic carbocycles. The summed E-state index contributed by atoms with van der Waals surface area (Å²) in [7, 11) is -1.66. The van der Waals surface area contributed by atoms with E-state index in [4.69, 9.17) is 10.2 Å². The van der Waals surface area contributed by atoms with E-state index in [-0.39, 0.29) is 5.57 Å². The van der Waals surface area contributed by atoms with Crippen LogP contribution in [0.15, 0.2) is 11.3 Å². The van der Waals surface area contributed by atoms with Crippen molar-refractivity contribution in [1.29, 1.82) is 0 Å². The molecule has 74 valence electrons. The third-order valence-corrected chi connectivity index (χ3v) is 2.44. The Bertz CT molecular complexity index is 249. The highest BCUT2D eigenvalue weighted by Gasteiger charge is 2.17. The molecule has 0 fully saturated rings. The fraction of sp³-hybridized carbons (Fsp3) is 0.500. The summed E-state index contributed by atoms with van der Waals surface area (Å²) in [5, 5.41) is 17.1. The van der Waals surface area contributed by atoms with Gasteiger partial charge in [-0.05, 0) is 0 Å². The number of carbonyl (C=O) groups is 2. The molecule has 0 spiro atoms. The second kappa shape index (κ2) is 4.22. The van der Waals surface area contributed by atoms with E-state index in [0.29, 0.717) is 0 Å². The molecule has 4 nitrogen and oxygen atoms in total. The number of aliphatic carboxylic acids is 2. The van der Waals surface area contributed by atoms with Crippen LogP contribution in [0.4, 0.5) is 0 Å². The molecule has 0 aromatic heterocycles. The van der Waals surface area contributed by atoms with Gasteiger partial charge in [-0.15, -0.1) is 0 Å². The van der Waals surface area contributed by atoms with Gasteiger partial charge < -0.3 is 10.2 Å². The standard InChI is InChI=1S/C8H14O4Si/c1-13(2,3)5-6(8(11)12)4-7(9)10/h5H,4H2,1-3H3,(H,9,10)(H,11,12). The Hall–Kier alpha value is -1.10. The fourth-order valence-electron chi connectivity index (χ4n) is 0.874. The van der Waals surface area contributed by atoms with Crippen molar-refractivity contribution in [3.8, 4) is 0 Å². The van der Waals surface area contributed by atoms with Crippen LogP contribution in [0.1, 0.15) is 6.42 Å². The van der Waals surface area contributed by atoms with Gasteiger partial charge in [-0.2, -0.15) is 0 Å². The zero-order valence-corrected chi connectivity index (χ0v) is 9.00. The van der Waals surface area contributed by atoms with Crippen molar-refractivity contribution in [3.05, 3.63) is 11.3 Å². The van der Waals surface area contributed by atoms with Gasteiger partial charge in [0.05, 0.1) is 14.5 Å². The molecule has 0 aliphatic heterocycles. The summed E-state index contributed by atoms with van der Waals surface area (Å²) >= 11 is 0.